The van der Waals surface area contributed by atoms with E-state index in [1.165, 1.54) is 32.4 Å². The van der Waals surface area contributed by atoms with Gasteiger partial charge in [-0.25, -0.2) is 27.7 Å². The van der Waals surface area contributed by atoms with Crippen molar-refractivity contribution < 1.29 is 12.8 Å². The number of hydrogen-bond acceptors (Lipinski definition) is 7. The molecule has 142 valence electrons. The van der Waals surface area contributed by atoms with Gasteiger partial charge in [0.25, 0.3) is 0 Å². The van der Waals surface area contributed by atoms with Crippen molar-refractivity contribution in [2.45, 2.75) is 4.90 Å². The lowest BCUT2D eigenvalue weighted by atomic mass is 10.1. The van der Waals surface area contributed by atoms with Gasteiger partial charge in [-0.2, -0.15) is 0 Å². The molecule has 2 aromatic heterocycles. The summed E-state index contributed by atoms with van der Waals surface area (Å²) in [5, 5.41) is 0. The molecule has 0 bridgehead atoms. The second kappa shape index (κ2) is 6.70. The molecule has 0 fully saturated rings. The van der Waals surface area contributed by atoms with E-state index >= 15 is 0 Å². The molecule has 2 aromatic carbocycles. The Balaban J connectivity index is 1.75. The van der Waals surface area contributed by atoms with Gasteiger partial charge in [0.1, 0.15) is 5.52 Å². The van der Waals surface area contributed by atoms with E-state index in [9.17, 15) is 8.42 Å². The number of aromatic nitrogens is 3. The number of hydrogen-bond donors (Lipinski definition) is 1. The first-order valence-corrected chi connectivity index (χ1v) is 9.82. The molecule has 8 nitrogen and oxygen atoms in total. The fourth-order valence-corrected chi connectivity index (χ4v) is 3.58. The average Bonchev–Trinajstić information content (AvgIpc) is 3.12. The topological polar surface area (TPSA) is 115 Å². The zero-order chi connectivity index (χ0) is 19.9. The molecule has 4 aromatic rings. The van der Waals surface area contributed by atoms with Crippen molar-refractivity contribution in [3.05, 3.63) is 54.7 Å². The lowest BCUT2D eigenvalue weighted by Gasteiger charge is -2.11. The monoisotopic (exact) mass is 395 g/mol. The van der Waals surface area contributed by atoms with Crippen molar-refractivity contribution in [1.29, 1.82) is 0 Å². The summed E-state index contributed by atoms with van der Waals surface area (Å²) >= 11 is 0. The van der Waals surface area contributed by atoms with Crippen LogP contribution in [0.25, 0.3) is 33.9 Å². The number of nitrogens with two attached hydrogens (primary N) is 1. The maximum absolute atomic E-state index is 12.2. The first-order valence-electron chi connectivity index (χ1n) is 8.38. The number of anilines is 1. The number of benzene rings is 2. The summed E-state index contributed by atoms with van der Waals surface area (Å²) in [6, 6.07) is 13.8. The Morgan fingerprint density at radius 1 is 1.00 bits per heavy atom. The SMILES string of the molecule is CN(C)S(=O)(=O)c1ccc(-c2cnc(N)c(-c3nc4ccccc4o3)n2)cc1. The van der Waals surface area contributed by atoms with E-state index in [4.69, 9.17) is 10.2 Å². The molecule has 0 unspecified atom stereocenters. The van der Waals surface area contributed by atoms with E-state index in [2.05, 4.69) is 15.0 Å². The summed E-state index contributed by atoms with van der Waals surface area (Å²) in [5.74, 6) is 0.474. The Morgan fingerprint density at radius 3 is 2.39 bits per heavy atom. The molecule has 0 amide bonds. The van der Waals surface area contributed by atoms with Crippen LogP contribution in [0.15, 0.2) is 64.0 Å². The molecule has 28 heavy (non-hydrogen) atoms. The number of nitrogen functional groups attached to an aromatic ring is 1. The van der Waals surface area contributed by atoms with Gasteiger partial charge < -0.3 is 10.2 Å². The number of fused-ring (bicyclic) bond motifs is 1. The van der Waals surface area contributed by atoms with Crippen LogP contribution in [0, 0.1) is 0 Å². The second-order valence-corrected chi connectivity index (χ2v) is 8.44. The van der Waals surface area contributed by atoms with E-state index in [1.807, 2.05) is 24.3 Å². The molecule has 0 aliphatic carbocycles. The maximum Gasteiger partial charge on any atom is 0.250 e. The van der Waals surface area contributed by atoms with Crippen molar-refractivity contribution in [2.75, 3.05) is 19.8 Å². The molecule has 2 heterocycles. The lowest BCUT2D eigenvalue weighted by molar-refractivity contribution is 0.521. The quantitative estimate of drug-likeness (QED) is 0.565. The standard InChI is InChI=1S/C19H17N5O3S/c1-24(2)28(25,26)13-9-7-12(8-10-13)15-11-21-18(20)17(22-15)19-23-14-5-3-4-6-16(14)27-19/h3-11H,1-2H3,(H2,20,21). The summed E-state index contributed by atoms with van der Waals surface area (Å²) in [4.78, 5) is 13.3. The Kier molecular flexibility index (Phi) is 4.33. The smallest absolute Gasteiger partial charge is 0.250 e. The maximum atomic E-state index is 12.2. The minimum absolute atomic E-state index is 0.196. The Labute approximate surface area is 161 Å². The minimum Gasteiger partial charge on any atom is -0.435 e. The fraction of sp³-hybridized carbons (Fsp3) is 0.105. The summed E-state index contributed by atoms with van der Waals surface area (Å²) < 4.78 is 31.3. The van der Waals surface area contributed by atoms with Gasteiger partial charge in [0, 0.05) is 19.7 Å². The van der Waals surface area contributed by atoms with E-state index < -0.39 is 10.0 Å². The highest BCUT2D eigenvalue weighted by atomic mass is 32.2. The summed E-state index contributed by atoms with van der Waals surface area (Å²) in [7, 11) is -0.521. The van der Waals surface area contributed by atoms with Crippen molar-refractivity contribution in [3.8, 4) is 22.8 Å². The summed E-state index contributed by atoms with van der Waals surface area (Å²) in [6.07, 6.45) is 1.52. The average molecular weight is 395 g/mol. The predicted octanol–water partition coefficient (Wildman–Crippen LogP) is 2.78. The number of para-hydroxylation sites is 2. The van der Waals surface area contributed by atoms with Gasteiger partial charge in [-0.05, 0) is 24.3 Å². The zero-order valence-corrected chi connectivity index (χ0v) is 16.0. The normalized spacial score (nSPS) is 12.0. The number of nitrogens with zero attached hydrogens (tertiary/aromatic N) is 4. The third-order valence-electron chi connectivity index (χ3n) is 4.23. The van der Waals surface area contributed by atoms with Crippen LogP contribution in [0.2, 0.25) is 0 Å². The number of oxazole rings is 1. The highest BCUT2D eigenvalue weighted by molar-refractivity contribution is 7.89. The largest absolute Gasteiger partial charge is 0.435 e. The van der Waals surface area contributed by atoms with Crippen LogP contribution in [-0.2, 0) is 10.0 Å². The van der Waals surface area contributed by atoms with Crippen LogP contribution in [-0.4, -0.2) is 41.8 Å². The molecule has 0 aliphatic heterocycles. The third-order valence-corrected chi connectivity index (χ3v) is 6.06. The minimum atomic E-state index is -3.50. The van der Waals surface area contributed by atoms with E-state index in [0.29, 0.717) is 28.1 Å². The van der Waals surface area contributed by atoms with Gasteiger partial charge in [-0.15, -0.1) is 0 Å². The molecule has 9 heteroatoms. The van der Waals surface area contributed by atoms with Gasteiger partial charge in [0.15, 0.2) is 17.1 Å². The molecular weight excluding hydrogens is 378 g/mol. The van der Waals surface area contributed by atoms with Crippen LogP contribution in [0.3, 0.4) is 0 Å². The van der Waals surface area contributed by atoms with Crippen LogP contribution in [0.5, 0.6) is 0 Å². The molecule has 0 atom stereocenters. The van der Waals surface area contributed by atoms with Gasteiger partial charge in [-0.3, -0.25) is 0 Å². The number of rotatable bonds is 4. The van der Waals surface area contributed by atoms with E-state index in [-0.39, 0.29) is 16.6 Å². The van der Waals surface area contributed by atoms with Gasteiger partial charge in [0.2, 0.25) is 15.9 Å². The summed E-state index contributed by atoms with van der Waals surface area (Å²) in [6.45, 7) is 0. The molecule has 0 aliphatic rings. The van der Waals surface area contributed by atoms with Crippen LogP contribution in [0.1, 0.15) is 0 Å². The van der Waals surface area contributed by atoms with E-state index in [1.54, 1.807) is 12.1 Å². The predicted molar refractivity (Wildman–Crippen MR) is 106 cm³/mol. The second-order valence-electron chi connectivity index (χ2n) is 6.29. The third kappa shape index (κ3) is 3.10. The highest BCUT2D eigenvalue weighted by Gasteiger charge is 2.18. The lowest BCUT2D eigenvalue weighted by Crippen LogP contribution is -2.22. The van der Waals surface area contributed by atoms with Crippen LogP contribution < -0.4 is 5.73 Å². The Bertz CT molecular complexity index is 1230. The van der Waals surface area contributed by atoms with Gasteiger partial charge >= 0.3 is 0 Å². The van der Waals surface area contributed by atoms with Crippen molar-refractivity contribution >= 4 is 26.9 Å². The highest BCUT2D eigenvalue weighted by Crippen LogP contribution is 2.28. The Hall–Kier alpha value is -3.30. The molecule has 0 saturated carbocycles. The first-order chi connectivity index (χ1) is 13.4. The molecule has 0 spiro atoms. The fourth-order valence-electron chi connectivity index (χ4n) is 2.68. The molecule has 2 N–H and O–H groups in total. The zero-order valence-electron chi connectivity index (χ0n) is 15.2. The summed E-state index contributed by atoms with van der Waals surface area (Å²) in [5.41, 5.74) is 8.86. The van der Waals surface area contributed by atoms with Crippen molar-refractivity contribution in [2.24, 2.45) is 0 Å². The van der Waals surface area contributed by atoms with Crippen molar-refractivity contribution in [1.82, 2.24) is 19.3 Å². The van der Waals surface area contributed by atoms with Gasteiger partial charge in [0.05, 0.1) is 16.8 Å². The molecule has 4 rings (SSSR count). The number of sulfonamides is 1. The van der Waals surface area contributed by atoms with Gasteiger partial charge in [-0.1, -0.05) is 24.3 Å². The van der Waals surface area contributed by atoms with Crippen LogP contribution in [0.4, 0.5) is 5.82 Å². The molecular formula is C19H17N5O3S. The first kappa shape index (κ1) is 18.1. The molecule has 0 radical (unpaired) electrons. The van der Waals surface area contributed by atoms with E-state index in [0.717, 1.165) is 4.31 Å². The molecule has 0 saturated heterocycles. The van der Waals surface area contributed by atoms with Crippen molar-refractivity contribution in [3.63, 3.8) is 0 Å². The van der Waals surface area contributed by atoms with Crippen LogP contribution >= 0.6 is 0 Å². The Morgan fingerprint density at radius 2 is 1.71 bits per heavy atom.